The van der Waals surface area contributed by atoms with Gasteiger partial charge >= 0.3 is 5.97 Å². The van der Waals surface area contributed by atoms with Crippen LogP contribution in [0.3, 0.4) is 0 Å². The lowest BCUT2D eigenvalue weighted by molar-refractivity contribution is 0.0600. The second-order valence-electron chi connectivity index (χ2n) is 6.68. The fourth-order valence-corrected chi connectivity index (χ4v) is 4.98. The molecule has 0 atom stereocenters. The summed E-state index contributed by atoms with van der Waals surface area (Å²) in [5.41, 5.74) is 1.46. The molecule has 0 saturated carbocycles. The number of carbonyl (C=O) groups is 1. The minimum absolute atomic E-state index is 0.0516. The van der Waals surface area contributed by atoms with E-state index in [1.165, 1.54) is 35.0 Å². The molecule has 3 rings (SSSR count). The number of ether oxygens (including phenoxy) is 2. The number of carbonyl (C=O) groups excluding carboxylic acids is 1. The van der Waals surface area contributed by atoms with Gasteiger partial charge in [0.1, 0.15) is 11.6 Å². The van der Waals surface area contributed by atoms with Crippen LogP contribution in [0, 0.1) is 5.82 Å². The maximum absolute atomic E-state index is 13.5. The van der Waals surface area contributed by atoms with Crippen LogP contribution < -0.4 is 4.74 Å². The lowest BCUT2D eigenvalue weighted by atomic mass is 10.1. The normalized spacial score (nSPS) is 17.1. The summed E-state index contributed by atoms with van der Waals surface area (Å²) in [4.78, 5) is 11.8. The molecule has 1 saturated heterocycles. The summed E-state index contributed by atoms with van der Waals surface area (Å²) in [6.07, 6.45) is 0.632. The first-order chi connectivity index (χ1) is 13.8. The van der Waals surface area contributed by atoms with Gasteiger partial charge in [0.05, 0.1) is 19.8 Å². The summed E-state index contributed by atoms with van der Waals surface area (Å²) < 4.78 is 52.4. The molecule has 0 N–H and O–H groups in total. The second-order valence-corrected chi connectivity index (χ2v) is 8.61. The predicted octanol–water partition coefficient (Wildman–Crippen LogP) is 2.57. The number of halogens is 1. The maximum atomic E-state index is 13.5. The molecule has 9 heteroatoms. The van der Waals surface area contributed by atoms with Gasteiger partial charge in [-0.15, -0.1) is 0 Å². The fourth-order valence-electron chi connectivity index (χ4n) is 3.31. The smallest absolute Gasteiger partial charge is 0.337 e. The van der Waals surface area contributed by atoms with E-state index in [0.29, 0.717) is 42.0 Å². The topological polar surface area (TPSA) is 76.2 Å². The Morgan fingerprint density at radius 2 is 1.79 bits per heavy atom. The lowest BCUT2D eigenvalue weighted by Gasteiger charge is -2.35. The van der Waals surface area contributed by atoms with Crippen LogP contribution in [0.2, 0.25) is 0 Å². The minimum Gasteiger partial charge on any atom is -0.496 e. The number of hydrogen-bond donors (Lipinski definition) is 0. The van der Waals surface area contributed by atoms with Crippen molar-refractivity contribution >= 4 is 16.2 Å². The molecule has 2 aromatic carbocycles. The molecule has 0 radical (unpaired) electrons. The van der Waals surface area contributed by atoms with E-state index in [9.17, 15) is 17.6 Å². The number of benzene rings is 2. The zero-order valence-electron chi connectivity index (χ0n) is 16.3. The Hall–Kier alpha value is -2.49. The number of nitrogens with zero attached hydrogens (tertiary/aromatic N) is 2. The third-order valence-corrected chi connectivity index (χ3v) is 6.69. The van der Waals surface area contributed by atoms with Crippen LogP contribution in [0.1, 0.15) is 27.9 Å². The van der Waals surface area contributed by atoms with Gasteiger partial charge in [-0.2, -0.15) is 17.0 Å². The Labute approximate surface area is 169 Å². The van der Waals surface area contributed by atoms with Crippen molar-refractivity contribution in [3.05, 3.63) is 65.0 Å². The molecule has 1 heterocycles. The zero-order chi connectivity index (χ0) is 21.0. The van der Waals surface area contributed by atoms with Crippen molar-refractivity contribution in [2.75, 3.05) is 27.3 Å². The van der Waals surface area contributed by atoms with Crippen molar-refractivity contribution in [1.29, 1.82) is 0 Å². The van der Waals surface area contributed by atoms with E-state index >= 15 is 0 Å². The molecule has 29 heavy (non-hydrogen) atoms. The summed E-state index contributed by atoms with van der Waals surface area (Å²) in [5.74, 6) is -0.434. The van der Waals surface area contributed by atoms with Crippen molar-refractivity contribution in [1.82, 2.24) is 8.61 Å². The second kappa shape index (κ2) is 8.89. The number of rotatable bonds is 6. The van der Waals surface area contributed by atoms with Crippen LogP contribution in [-0.4, -0.2) is 50.3 Å². The number of hydrogen-bond acceptors (Lipinski definition) is 5. The quantitative estimate of drug-likeness (QED) is 0.669. The predicted molar refractivity (Wildman–Crippen MR) is 105 cm³/mol. The molecular formula is C20H23FN2O5S. The van der Waals surface area contributed by atoms with E-state index < -0.39 is 22.0 Å². The van der Waals surface area contributed by atoms with E-state index in [4.69, 9.17) is 9.47 Å². The van der Waals surface area contributed by atoms with Crippen LogP contribution in [0.15, 0.2) is 42.5 Å². The Morgan fingerprint density at radius 3 is 2.45 bits per heavy atom. The van der Waals surface area contributed by atoms with Crippen LogP contribution in [-0.2, 0) is 28.0 Å². The monoisotopic (exact) mass is 422 g/mol. The van der Waals surface area contributed by atoms with Gasteiger partial charge in [-0.3, -0.25) is 0 Å². The zero-order valence-corrected chi connectivity index (χ0v) is 17.1. The molecule has 0 amide bonds. The third-order valence-electron chi connectivity index (χ3n) is 4.76. The Kier molecular flexibility index (Phi) is 6.51. The summed E-state index contributed by atoms with van der Waals surface area (Å²) >= 11 is 0. The molecular weight excluding hydrogens is 399 g/mol. The van der Waals surface area contributed by atoms with Gasteiger partial charge < -0.3 is 9.47 Å². The maximum Gasteiger partial charge on any atom is 0.337 e. The van der Waals surface area contributed by atoms with E-state index in [1.807, 2.05) is 0 Å². The van der Waals surface area contributed by atoms with E-state index in [1.54, 1.807) is 30.3 Å². The highest BCUT2D eigenvalue weighted by Gasteiger charge is 2.34. The lowest BCUT2D eigenvalue weighted by Crippen LogP contribution is -2.48. The molecule has 0 bridgehead atoms. The van der Waals surface area contributed by atoms with Crippen LogP contribution >= 0.6 is 0 Å². The minimum atomic E-state index is -3.76. The molecule has 2 aromatic rings. The summed E-state index contributed by atoms with van der Waals surface area (Å²) in [5, 5.41) is 0. The van der Waals surface area contributed by atoms with E-state index in [2.05, 4.69) is 0 Å². The van der Waals surface area contributed by atoms with Crippen molar-refractivity contribution < 1.29 is 27.1 Å². The third kappa shape index (κ3) is 4.75. The van der Waals surface area contributed by atoms with E-state index in [-0.39, 0.29) is 13.1 Å². The van der Waals surface area contributed by atoms with Gasteiger partial charge in [0, 0.05) is 31.7 Å². The number of methoxy groups -OCH3 is 2. The van der Waals surface area contributed by atoms with Crippen LogP contribution in [0.25, 0.3) is 0 Å². The summed E-state index contributed by atoms with van der Waals surface area (Å²) in [7, 11) is -0.998. The number of esters is 1. The van der Waals surface area contributed by atoms with Crippen molar-refractivity contribution in [3.63, 3.8) is 0 Å². The van der Waals surface area contributed by atoms with Crippen LogP contribution in [0.4, 0.5) is 4.39 Å². The largest absolute Gasteiger partial charge is 0.496 e. The Morgan fingerprint density at radius 1 is 1.07 bits per heavy atom. The molecule has 7 nitrogen and oxygen atoms in total. The standard InChI is InChI=1S/C20H23FN2O5S/c1-27-19-8-7-16(20(24)28-2)12-17(19)14-23-10-4-9-22(29(23,25)26)13-15-5-3-6-18(21)11-15/h3,5-8,11-12H,4,9-10,13-14H2,1-2H3. The first kappa shape index (κ1) is 21.2. The molecule has 0 unspecified atom stereocenters. The molecule has 1 aliphatic rings. The van der Waals surface area contributed by atoms with Gasteiger partial charge in [-0.1, -0.05) is 12.1 Å². The highest BCUT2D eigenvalue weighted by atomic mass is 32.2. The Balaban J connectivity index is 1.84. The fraction of sp³-hybridized carbons (Fsp3) is 0.350. The Bertz CT molecular complexity index is 996. The van der Waals surface area contributed by atoms with Crippen molar-refractivity contribution in [2.45, 2.75) is 19.5 Å². The van der Waals surface area contributed by atoms with Crippen LogP contribution in [0.5, 0.6) is 5.75 Å². The highest BCUT2D eigenvalue weighted by Crippen LogP contribution is 2.27. The summed E-state index contributed by atoms with van der Waals surface area (Å²) in [6, 6.07) is 10.7. The molecule has 1 aliphatic heterocycles. The average molecular weight is 422 g/mol. The van der Waals surface area contributed by atoms with Gasteiger partial charge in [-0.05, 0) is 42.3 Å². The van der Waals surface area contributed by atoms with Gasteiger partial charge in [0.15, 0.2) is 0 Å². The van der Waals surface area contributed by atoms with Gasteiger partial charge in [0.2, 0.25) is 0 Å². The van der Waals surface area contributed by atoms with Crippen molar-refractivity contribution in [3.8, 4) is 5.75 Å². The van der Waals surface area contributed by atoms with Gasteiger partial charge in [-0.25, -0.2) is 9.18 Å². The molecule has 0 aliphatic carbocycles. The molecule has 1 fully saturated rings. The van der Waals surface area contributed by atoms with Crippen molar-refractivity contribution in [2.24, 2.45) is 0 Å². The first-order valence-corrected chi connectivity index (χ1v) is 10.5. The molecule has 156 valence electrons. The van der Waals surface area contributed by atoms with Gasteiger partial charge in [0.25, 0.3) is 10.2 Å². The molecule has 0 spiro atoms. The highest BCUT2D eigenvalue weighted by molar-refractivity contribution is 7.86. The molecule has 0 aromatic heterocycles. The summed E-state index contributed by atoms with van der Waals surface area (Å²) in [6.45, 7) is 0.841. The average Bonchev–Trinajstić information content (AvgIpc) is 2.70. The SMILES string of the molecule is COC(=O)c1ccc(OC)c(CN2CCCN(Cc3cccc(F)c3)S2(=O)=O)c1. The van der Waals surface area contributed by atoms with E-state index in [0.717, 1.165) is 0 Å². The first-order valence-electron chi connectivity index (χ1n) is 9.10.